The van der Waals surface area contributed by atoms with Crippen LogP contribution in [0.5, 0.6) is 0 Å². The van der Waals surface area contributed by atoms with Gasteiger partial charge in [0, 0.05) is 52.0 Å². The monoisotopic (exact) mass is 757 g/mol. The van der Waals surface area contributed by atoms with E-state index in [0.717, 1.165) is 31.8 Å². The Bertz CT molecular complexity index is 1370. The number of nitrogens with zero attached hydrogens (tertiary/aromatic N) is 3. The van der Waals surface area contributed by atoms with E-state index in [4.69, 9.17) is 9.47 Å². The largest absolute Gasteiger partial charge is 0.465 e. The summed E-state index contributed by atoms with van der Waals surface area (Å²) in [5.41, 5.74) is -0.907. The zero-order chi connectivity index (χ0) is 32.8. The predicted octanol–water partition coefficient (Wildman–Crippen LogP) is 2.19. The molecule has 1 saturated carbocycles. The van der Waals surface area contributed by atoms with Crippen molar-refractivity contribution >= 4 is 49.8 Å². The van der Waals surface area contributed by atoms with Gasteiger partial charge in [-0.1, -0.05) is 6.58 Å². The molecule has 248 valence electrons. The topological polar surface area (TPSA) is 161 Å². The maximum Gasteiger partial charge on any atom is 0.407 e. The number of aromatic nitrogens is 2. The van der Waals surface area contributed by atoms with Crippen LogP contribution in [0.1, 0.15) is 38.5 Å². The fourth-order valence-electron chi connectivity index (χ4n) is 5.47. The second kappa shape index (κ2) is 18.9. The SMILES string of the molecule is C=CC(=O)NCCCn1c(=O)c(Br)c(Br)c(=O)n1CCC(=O)NCCOCCOCCN(CC1[C@H]2CCC#CCC[C@H]12)C(=O)O. The van der Waals surface area contributed by atoms with Gasteiger partial charge in [-0.3, -0.25) is 19.2 Å². The Labute approximate surface area is 278 Å². The molecular weight excluding hydrogens is 718 g/mol. The molecule has 1 fully saturated rings. The smallest absolute Gasteiger partial charge is 0.407 e. The van der Waals surface area contributed by atoms with Gasteiger partial charge < -0.3 is 30.1 Å². The first kappa shape index (κ1) is 36.5. The highest BCUT2D eigenvalue weighted by Crippen LogP contribution is 2.52. The summed E-state index contributed by atoms with van der Waals surface area (Å²) in [5.74, 6) is 7.27. The van der Waals surface area contributed by atoms with Crippen molar-refractivity contribution in [2.45, 2.75) is 51.6 Å². The molecule has 2 aliphatic rings. The van der Waals surface area contributed by atoms with Crippen LogP contribution in [-0.4, -0.2) is 89.9 Å². The summed E-state index contributed by atoms with van der Waals surface area (Å²) in [7, 11) is 0. The van der Waals surface area contributed by atoms with E-state index in [0.29, 0.717) is 43.9 Å². The molecule has 0 unspecified atom stereocenters. The molecule has 1 aromatic heterocycles. The van der Waals surface area contributed by atoms with Crippen molar-refractivity contribution in [3.63, 3.8) is 0 Å². The highest BCUT2D eigenvalue weighted by Gasteiger charge is 2.49. The summed E-state index contributed by atoms with van der Waals surface area (Å²) in [4.78, 5) is 62.5. The van der Waals surface area contributed by atoms with Crippen LogP contribution in [0.4, 0.5) is 4.79 Å². The number of amides is 3. The van der Waals surface area contributed by atoms with Gasteiger partial charge in [-0.2, -0.15) is 0 Å². The van der Waals surface area contributed by atoms with Crippen molar-refractivity contribution in [1.82, 2.24) is 24.9 Å². The van der Waals surface area contributed by atoms with Crippen molar-refractivity contribution < 1.29 is 29.0 Å². The lowest BCUT2D eigenvalue weighted by Crippen LogP contribution is -2.41. The molecule has 2 aliphatic carbocycles. The summed E-state index contributed by atoms with van der Waals surface area (Å²) in [6.07, 6.45) is 4.45. The van der Waals surface area contributed by atoms with Gasteiger partial charge in [0.2, 0.25) is 11.8 Å². The molecule has 13 nitrogen and oxygen atoms in total. The summed E-state index contributed by atoms with van der Waals surface area (Å²) in [6.45, 7) is 5.98. The van der Waals surface area contributed by atoms with Crippen LogP contribution >= 0.6 is 31.9 Å². The van der Waals surface area contributed by atoms with Crippen LogP contribution in [0.3, 0.4) is 0 Å². The van der Waals surface area contributed by atoms with Crippen LogP contribution in [0, 0.1) is 29.6 Å². The first-order chi connectivity index (χ1) is 21.6. The third-order valence-corrected chi connectivity index (χ3v) is 9.90. The molecule has 0 bridgehead atoms. The Morgan fingerprint density at radius 2 is 1.53 bits per heavy atom. The van der Waals surface area contributed by atoms with Crippen molar-refractivity contribution in [1.29, 1.82) is 0 Å². The van der Waals surface area contributed by atoms with E-state index in [1.807, 2.05) is 0 Å². The molecule has 45 heavy (non-hydrogen) atoms. The molecule has 0 spiro atoms. The lowest BCUT2D eigenvalue weighted by molar-refractivity contribution is -0.121. The van der Waals surface area contributed by atoms with E-state index in [2.05, 4.69) is 60.9 Å². The fraction of sp³-hybridized carbons (Fsp3) is 0.633. The maximum absolute atomic E-state index is 12.8. The van der Waals surface area contributed by atoms with Crippen molar-refractivity contribution in [3.8, 4) is 11.8 Å². The summed E-state index contributed by atoms with van der Waals surface area (Å²) in [6, 6.07) is 0. The highest BCUT2D eigenvalue weighted by molar-refractivity contribution is 9.13. The molecule has 3 N–H and O–H groups in total. The van der Waals surface area contributed by atoms with Gasteiger partial charge in [0.1, 0.15) is 8.95 Å². The summed E-state index contributed by atoms with van der Waals surface area (Å²) in [5, 5.41) is 14.9. The van der Waals surface area contributed by atoms with Crippen molar-refractivity contribution in [3.05, 3.63) is 42.3 Å². The van der Waals surface area contributed by atoms with Gasteiger partial charge in [0.15, 0.2) is 0 Å². The normalized spacial score (nSPS) is 18.4. The van der Waals surface area contributed by atoms with Gasteiger partial charge in [-0.05, 0) is 75.0 Å². The number of carbonyl (C=O) groups is 3. The van der Waals surface area contributed by atoms with E-state index < -0.39 is 17.2 Å². The number of fused-ring (bicyclic) bond motifs is 1. The second-order valence-corrected chi connectivity index (χ2v) is 12.4. The van der Waals surface area contributed by atoms with Gasteiger partial charge >= 0.3 is 6.09 Å². The maximum atomic E-state index is 12.8. The standard InChI is InChI=1S/C30H41Br2N5O8/c1-2-24(38)33-11-7-13-36-28(40)26(31)27(32)29(41)37(36)14-10-25(39)34-12-16-44-18-19-45-17-15-35(30(42)43)20-23-21-8-5-3-4-6-9-22(21)23/h2,21-23H,1,5-20H2,(H,33,38)(H,34,39)(H,42,43)/t21-,22-/m0/s1. The van der Waals surface area contributed by atoms with E-state index in [1.54, 1.807) is 0 Å². The molecule has 3 amide bonds. The molecule has 1 aromatic rings. The minimum Gasteiger partial charge on any atom is -0.465 e. The highest BCUT2D eigenvalue weighted by atomic mass is 79.9. The molecule has 0 radical (unpaired) electrons. The average molecular weight is 759 g/mol. The number of nitrogens with one attached hydrogen (secondary N) is 2. The Kier molecular flexibility index (Phi) is 15.3. The molecular formula is C30H41Br2N5O8. The molecule has 0 saturated heterocycles. The third-order valence-electron chi connectivity index (χ3n) is 7.90. The summed E-state index contributed by atoms with van der Waals surface area (Å²) < 4.78 is 13.7. The van der Waals surface area contributed by atoms with Crippen LogP contribution < -0.4 is 21.8 Å². The Hall–Kier alpha value is -2.93. The van der Waals surface area contributed by atoms with Crippen LogP contribution in [0.2, 0.25) is 0 Å². The molecule has 15 heteroatoms. The average Bonchev–Trinajstić information content (AvgIpc) is 3.65. The van der Waals surface area contributed by atoms with Gasteiger partial charge in [0.05, 0.1) is 33.0 Å². The van der Waals surface area contributed by atoms with Gasteiger partial charge in [-0.25, -0.2) is 14.2 Å². The number of rotatable bonds is 19. The summed E-state index contributed by atoms with van der Waals surface area (Å²) >= 11 is 6.27. The molecule has 3 rings (SSSR count). The Morgan fingerprint density at radius 1 is 0.933 bits per heavy atom. The molecule has 0 aliphatic heterocycles. The Morgan fingerprint density at radius 3 is 2.13 bits per heavy atom. The number of hydrogen-bond donors (Lipinski definition) is 3. The number of ether oxygens (including phenoxy) is 2. The number of carbonyl (C=O) groups excluding carboxylic acids is 2. The number of halogens is 2. The van der Waals surface area contributed by atoms with E-state index >= 15 is 0 Å². The van der Waals surface area contributed by atoms with Crippen LogP contribution in [0.25, 0.3) is 0 Å². The predicted molar refractivity (Wildman–Crippen MR) is 174 cm³/mol. The molecule has 2 atom stereocenters. The minimum absolute atomic E-state index is 0.0245. The third kappa shape index (κ3) is 11.4. The minimum atomic E-state index is -0.934. The van der Waals surface area contributed by atoms with E-state index in [-0.39, 0.29) is 73.2 Å². The fourth-order valence-corrected chi connectivity index (χ4v) is 6.22. The van der Waals surface area contributed by atoms with Gasteiger partial charge in [-0.15, -0.1) is 11.8 Å². The second-order valence-electron chi connectivity index (χ2n) is 10.8. The zero-order valence-corrected chi connectivity index (χ0v) is 28.4. The van der Waals surface area contributed by atoms with Crippen molar-refractivity contribution in [2.75, 3.05) is 52.6 Å². The quantitative estimate of drug-likeness (QED) is 0.110. The van der Waals surface area contributed by atoms with Crippen LogP contribution in [0.15, 0.2) is 31.2 Å². The molecule has 0 aromatic carbocycles. The Balaban J connectivity index is 1.30. The lowest BCUT2D eigenvalue weighted by atomic mass is 10.1. The first-order valence-electron chi connectivity index (χ1n) is 15.1. The van der Waals surface area contributed by atoms with E-state index in [1.165, 1.54) is 14.3 Å². The lowest BCUT2D eigenvalue weighted by Gasteiger charge is -2.19. The van der Waals surface area contributed by atoms with E-state index in [9.17, 15) is 29.1 Å². The van der Waals surface area contributed by atoms with Gasteiger partial charge in [0.25, 0.3) is 11.1 Å². The number of carboxylic acid groups (broad SMARTS) is 1. The van der Waals surface area contributed by atoms with Crippen LogP contribution in [-0.2, 0) is 32.2 Å². The zero-order valence-electron chi connectivity index (χ0n) is 25.2. The van der Waals surface area contributed by atoms with Crippen molar-refractivity contribution in [2.24, 2.45) is 17.8 Å². The number of hydrogen-bond acceptors (Lipinski definition) is 7. The molecule has 1 heterocycles. The first-order valence-corrected chi connectivity index (χ1v) is 16.7.